The third-order valence-corrected chi connectivity index (χ3v) is 3.83. The normalized spacial score (nSPS) is 21.2. The summed E-state index contributed by atoms with van der Waals surface area (Å²) >= 11 is 2.88. The maximum Gasteiger partial charge on any atom is 0.325 e. The maximum absolute atomic E-state index is 11.5. The topological polar surface area (TPSA) is 51.0 Å². The molecule has 6 heteroatoms. The van der Waals surface area contributed by atoms with Crippen molar-refractivity contribution in [2.45, 2.75) is 19.1 Å². The van der Waals surface area contributed by atoms with Crippen molar-refractivity contribution in [2.24, 2.45) is 10.2 Å². The fraction of sp³-hybridized carbons (Fsp3) is 0.625. The van der Waals surface area contributed by atoms with Gasteiger partial charge in [-0.2, -0.15) is 5.10 Å². The van der Waals surface area contributed by atoms with Gasteiger partial charge in [0.1, 0.15) is 5.25 Å². The lowest BCUT2D eigenvalue weighted by molar-refractivity contribution is -0.141. The van der Waals surface area contributed by atoms with Crippen LogP contribution in [0.2, 0.25) is 0 Å². The average Bonchev–Trinajstić information content (AvgIpc) is 2.19. The van der Waals surface area contributed by atoms with E-state index in [0.717, 1.165) is 4.38 Å². The Morgan fingerprint density at radius 1 is 1.64 bits per heavy atom. The van der Waals surface area contributed by atoms with E-state index in [9.17, 15) is 4.79 Å². The molecule has 0 saturated carbocycles. The Balaban J connectivity index is 2.69. The number of hydrogen-bond donors (Lipinski definition) is 0. The highest BCUT2D eigenvalue weighted by Gasteiger charge is 2.28. The molecule has 1 atom stereocenters. The van der Waals surface area contributed by atoms with Crippen LogP contribution >= 0.6 is 23.5 Å². The van der Waals surface area contributed by atoms with Crippen molar-refractivity contribution in [2.75, 3.05) is 12.9 Å². The Kier molecular flexibility index (Phi) is 4.47. The molecule has 1 aliphatic heterocycles. The van der Waals surface area contributed by atoms with Crippen LogP contribution in [0.5, 0.6) is 0 Å². The smallest absolute Gasteiger partial charge is 0.325 e. The number of carbonyl (C=O) groups is 1. The molecule has 14 heavy (non-hydrogen) atoms. The van der Waals surface area contributed by atoms with Crippen LogP contribution in [0.15, 0.2) is 10.2 Å². The molecule has 0 amide bonds. The Morgan fingerprint density at radius 3 is 2.93 bits per heavy atom. The van der Waals surface area contributed by atoms with Crippen molar-refractivity contribution < 1.29 is 9.53 Å². The zero-order chi connectivity index (χ0) is 10.6. The summed E-state index contributed by atoms with van der Waals surface area (Å²) in [4.78, 5) is 11.5. The number of thioether (sulfide) groups is 2. The second kappa shape index (κ2) is 5.41. The molecular formula is C8H12N2O2S2. The Morgan fingerprint density at radius 2 is 2.36 bits per heavy atom. The van der Waals surface area contributed by atoms with Crippen LogP contribution in [0.3, 0.4) is 0 Å². The quantitative estimate of drug-likeness (QED) is 0.681. The molecule has 78 valence electrons. The minimum atomic E-state index is -0.324. The second-order valence-electron chi connectivity index (χ2n) is 2.56. The number of ether oxygens (including phenoxy) is 1. The van der Waals surface area contributed by atoms with Crippen LogP contribution in [0.1, 0.15) is 13.8 Å². The van der Waals surface area contributed by atoms with Gasteiger partial charge >= 0.3 is 5.97 Å². The minimum Gasteiger partial charge on any atom is -0.465 e. The molecular weight excluding hydrogens is 220 g/mol. The van der Waals surface area contributed by atoms with Crippen molar-refractivity contribution in [1.82, 2.24) is 0 Å². The molecule has 4 nitrogen and oxygen atoms in total. The minimum absolute atomic E-state index is 0.236. The van der Waals surface area contributed by atoms with Crippen molar-refractivity contribution in [3.8, 4) is 0 Å². The number of rotatable bonds is 2. The molecule has 0 aliphatic carbocycles. The Bertz CT molecular complexity index is 289. The molecule has 0 unspecified atom stereocenters. The van der Waals surface area contributed by atoms with Gasteiger partial charge in [0.2, 0.25) is 0 Å². The van der Waals surface area contributed by atoms with Crippen molar-refractivity contribution in [3.05, 3.63) is 0 Å². The third kappa shape index (κ3) is 2.75. The number of carbonyl (C=O) groups excluding carboxylic acids is 1. The Hall–Kier alpha value is -0.490. The summed E-state index contributed by atoms with van der Waals surface area (Å²) in [6.07, 6.45) is 1.91. The van der Waals surface area contributed by atoms with E-state index in [1.54, 1.807) is 13.8 Å². The lowest BCUT2D eigenvalue weighted by atomic mass is 10.3. The van der Waals surface area contributed by atoms with Gasteiger partial charge in [-0.1, -0.05) is 11.8 Å². The van der Waals surface area contributed by atoms with Gasteiger partial charge in [0.05, 0.1) is 12.3 Å². The predicted molar refractivity (Wildman–Crippen MR) is 62.1 cm³/mol. The van der Waals surface area contributed by atoms with Gasteiger partial charge in [0, 0.05) is 0 Å². The highest BCUT2D eigenvalue weighted by Crippen LogP contribution is 2.26. The summed E-state index contributed by atoms with van der Waals surface area (Å²) < 4.78 is 5.74. The summed E-state index contributed by atoms with van der Waals surface area (Å²) in [5.41, 5.74) is 0.700. The first-order chi connectivity index (χ1) is 6.69. The zero-order valence-corrected chi connectivity index (χ0v) is 9.94. The largest absolute Gasteiger partial charge is 0.465 e. The van der Waals surface area contributed by atoms with Crippen LogP contribution in [0, 0.1) is 0 Å². The third-order valence-electron chi connectivity index (χ3n) is 1.56. The summed E-state index contributed by atoms with van der Waals surface area (Å²) in [6.45, 7) is 3.98. The van der Waals surface area contributed by atoms with Crippen molar-refractivity contribution in [1.29, 1.82) is 0 Å². The van der Waals surface area contributed by atoms with E-state index in [4.69, 9.17) is 4.74 Å². The molecule has 1 rings (SSSR count). The molecule has 0 aromatic rings. The van der Waals surface area contributed by atoms with Crippen LogP contribution in [-0.2, 0) is 9.53 Å². The molecule has 0 saturated heterocycles. The Labute approximate surface area is 91.6 Å². The summed E-state index contributed by atoms with van der Waals surface area (Å²) in [5, 5.41) is 7.55. The van der Waals surface area contributed by atoms with Crippen molar-refractivity contribution >= 4 is 39.6 Å². The summed E-state index contributed by atoms with van der Waals surface area (Å²) in [7, 11) is 0. The number of hydrogen-bond acceptors (Lipinski definition) is 6. The lowest BCUT2D eigenvalue weighted by Gasteiger charge is -2.17. The molecule has 0 fully saturated rings. The molecule has 0 N–H and O–H groups in total. The standard InChI is InChI=1S/C8H12N2O2S2/c1-4-12-7(11)6-5(2)9-10-8(13-3)14-6/h6H,4H2,1-3H3/t6-/m1/s1. The van der Waals surface area contributed by atoms with E-state index in [-0.39, 0.29) is 11.2 Å². The predicted octanol–water partition coefficient (Wildman–Crippen LogP) is 1.76. The molecule has 0 spiro atoms. The maximum atomic E-state index is 11.5. The van der Waals surface area contributed by atoms with Gasteiger partial charge in [-0.15, -0.1) is 16.9 Å². The zero-order valence-electron chi connectivity index (χ0n) is 8.31. The highest BCUT2D eigenvalue weighted by molar-refractivity contribution is 8.39. The number of nitrogens with zero attached hydrogens (tertiary/aromatic N) is 2. The van der Waals surface area contributed by atoms with Crippen LogP contribution < -0.4 is 0 Å². The van der Waals surface area contributed by atoms with E-state index in [2.05, 4.69) is 10.2 Å². The van der Waals surface area contributed by atoms with Gasteiger partial charge in [-0.25, -0.2) is 0 Å². The fourth-order valence-corrected chi connectivity index (χ4v) is 2.37. The molecule has 0 aromatic heterocycles. The summed E-state index contributed by atoms with van der Waals surface area (Å²) in [5.74, 6) is -0.236. The average molecular weight is 232 g/mol. The van der Waals surface area contributed by atoms with Gasteiger partial charge in [0.15, 0.2) is 4.38 Å². The molecule has 1 aliphatic rings. The van der Waals surface area contributed by atoms with E-state index in [1.165, 1.54) is 23.5 Å². The van der Waals surface area contributed by atoms with Crippen LogP contribution in [0.25, 0.3) is 0 Å². The molecule has 0 bridgehead atoms. The van der Waals surface area contributed by atoms with Gasteiger partial charge in [-0.3, -0.25) is 4.79 Å². The van der Waals surface area contributed by atoms with Crippen molar-refractivity contribution in [3.63, 3.8) is 0 Å². The number of esters is 1. The van der Waals surface area contributed by atoms with Gasteiger partial charge in [0.25, 0.3) is 0 Å². The van der Waals surface area contributed by atoms with Gasteiger partial charge in [-0.05, 0) is 20.1 Å². The monoisotopic (exact) mass is 232 g/mol. The van der Waals surface area contributed by atoms with E-state index in [1.807, 2.05) is 6.26 Å². The lowest BCUT2D eigenvalue weighted by Crippen LogP contribution is -2.29. The fourth-order valence-electron chi connectivity index (χ4n) is 0.907. The second-order valence-corrected chi connectivity index (χ2v) is 4.71. The molecule has 0 radical (unpaired) electrons. The van der Waals surface area contributed by atoms with E-state index in [0.29, 0.717) is 12.3 Å². The van der Waals surface area contributed by atoms with Crippen LogP contribution in [-0.4, -0.2) is 34.2 Å². The molecule has 1 heterocycles. The first kappa shape index (κ1) is 11.6. The first-order valence-corrected chi connectivity index (χ1v) is 6.29. The van der Waals surface area contributed by atoms with E-state index >= 15 is 0 Å². The van der Waals surface area contributed by atoms with Gasteiger partial charge < -0.3 is 4.74 Å². The SMILES string of the molecule is CCOC(=O)[C@@H]1SC(SC)=NN=C1C. The summed E-state index contributed by atoms with van der Waals surface area (Å²) in [6, 6.07) is 0. The molecule has 0 aromatic carbocycles. The van der Waals surface area contributed by atoms with E-state index < -0.39 is 0 Å². The first-order valence-electron chi connectivity index (χ1n) is 4.18. The van der Waals surface area contributed by atoms with Crippen LogP contribution in [0.4, 0.5) is 0 Å². The highest BCUT2D eigenvalue weighted by atomic mass is 32.2.